The van der Waals surface area contributed by atoms with E-state index in [1.807, 2.05) is 6.26 Å². The fourth-order valence-electron chi connectivity index (χ4n) is 0.716. The summed E-state index contributed by atoms with van der Waals surface area (Å²) in [4.78, 5) is 12.6. The maximum Gasteiger partial charge on any atom is 0.419 e. The molecule has 0 aliphatic carbocycles. The van der Waals surface area contributed by atoms with Crippen LogP contribution in [0.5, 0.6) is 5.88 Å². The lowest BCUT2D eigenvalue weighted by Gasteiger charge is -1.91. The lowest BCUT2D eigenvalue weighted by molar-refractivity contribution is 0.424. The van der Waals surface area contributed by atoms with Crippen LogP contribution < -0.4 is 5.76 Å². The normalized spacial score (nSPS) is 10.3. The number of oxazole rings is 1. The minimum Gasteiger partial charge on any atom is -0.492 e. The van der Waals surface area contributed by atoms with Crippen molar-refractivity contribution < 1.29 is 9.52 Å². The van der Waals surface area contributed by atoms with Gasteiger partial charge in [-0.15, -0.1) is 0 Å². The van der Waals surface area contributed by atoms with Gasteiger partial charge in [0.25, 0.3) is 0 Å². The number of rotatable bonds is 3. The number of H-pyrrole nitrogens is 1. The Kier molecular flexibility index (Phi) is 2.64. The molecule has 1 aromatic heterocycles. The minimum absolute atomic E-state index is 0.149. The Hall–Kier alpha value is -0.840. The van der Waals surface area contributed by atoms with Crippen molar-refractivity contribution >= 4 is 11.8 Å². The van der Waals surface area contributed by atoms with Crippen molar-refractivity contribution in [1.82, 2.24) is 4.98 Å². The molecule has 0 aliphatic rings. The number of aromatic amines is 1. The largest absolute Gasteiger partial charge is 0.492 e. The third kappa shape index (κ3) is 2.04. The zero-order valence-corrected chi connectivity index (χ0v) is 6.90. The summed E-state index contributed by atoms with van der Waals surface area (Å²) in [5, 5.41) is 9.00. The minimum atomic E-state index is -0.599. The number of hydrogen-bond donors (Lipinski definition) is 2. The van der Waals surface area contributed by atoms with E-state index in [9.17, 15) is 4.79 Å². The highest BCUT2D eigenvalue weighted by Crippen LogP contribution is 2.12. The summed E-state index contributed by atoms with van der Waals surface area (Å²) in [7, 11) is 0. The number of thioether (sulfide) groups is 1. The van der Waals surface area contributed by atoms with E-state index < -0.39 is 5.76 Å². The highest BCUT2D eigenvalue weighted by Gasteiger charge is 2.06. The van der Waals surface area contributed by atoms with E-state index in [1.54, 1.807) is 11.8 Å². The quantitative estimate of drug-likeness (QED) is 0.705. The molecule has 2 N–H and O–H groups in total. The van der Waals surface area contributed by atoms with Crippen LogP contribution in [0.1, 0.15) is 5.76 Å². The maximum atomic E-state index is 10.5. The first-order valence-corrected chi connectivity index (χ1v) is 4.53. The molecule has 0 spiro atoms. The maximum absolute atomic E-state index is 10.5. The summed E-state index contributed by atoms with van der Waals surface area (Å²) in [6, 6.07) is 0. The Labute approximate surface area is 67.6 Å². The van der Waals surface area contributed by atoms with Gasteiger partial charge in [0.15, 0.2) is 5.76 Å². The second kappa shape index (κ2) is 3.52. The molecule has 11 heavy (non-hydrogen) atoms. The lowest BCUT2D eigenvalue weighted by Crippen LogP contribution is -1.93. The van der Waals surface area contributed by atoms with Gasteiger partial charge in [-0.1, -0.05) is 0 Å². The van der Waals surface area contributed by atoms with Crippen LogP contribution in [0.3, 0.4) is 0 Å². The molecule has 1 aromatic rings. The van der Waals surface area contributed by atoms with Crippen LogP contribution in [-0.4, -0.2) is 22.1 Å². The van der Waals surface area contributed by atoms with E-state index in [4.69, 9.17) is 5.11 Å². The fraction of sp³-hybridized carbons (Fsp3) is 0.500. The molecule has 1 heterocycles. The Morgan fingerprint density at radius 3 is 2.91 bits per heavy atom. The van der Waals surface area contributed by atoms with Crippen molar-refractivity contribution in [2.75, 3.05) is 12.0 Å². The lowest BCUT2D eigenvalue weighted by atomic mass is 10.4. The van der Waals surface area contributed by atoms with Crippen LogP contribution >= 0.6 is 11.8 Å². The van der Waals surface area contributed by atoms with E-state index in [2.05, 4.69) is 9.40 Å². The molecule has 0 radical (unpaired) electrons. The molecule has 62 valence electrons. The number of aromatic hydroxyl groups is 1. The number of nitrogens with one attached hydrogen (secondary N) is 1. The molecule has 0 unspecified atom stereocenters. The summed E-state index contributed by atoms with van der Waals surface area (Å²) in [5.74, 6) is 0.418. The molecule has 4 nitrogen and oxygen atoms in total. The number of hydrogen-bond acceptors (Lipinski definition) is 4. The van der Waals surface area contributed by atoms with Crippen LogP contribution in [0.2, 0.25) is 0 Å². The predicted octanol–water partition coefficient (Wildman–Crippen LogP) is 0.579. The third-order valence-corrected chi connectivity index (χ3v) is 1.85. The Morgan fingerprint density at radius 2 is 2.45 bits per heavy atom. The van der Waals surface area contributed by atoms with Crippen molar-refractivity contribution in [3.05, 3.63) is 16.3 Å². The van der Waals surface area contributed by atoms with E-state index >= 15 is 0 Å². The number of aryl methyl sites for hydroxylation is 1. The summed E-state index contributed by atoms with van der Waals surface area (Å²) in [5.41, 5.74) is 0. The predicted molar refractivity (Wildman–Crippen MR) is 43.1 cm³/mol. The van der Waals surface area contributed by atoms with Gasteiger partial charge >= 0.3 is 5.76 Å². The van der Waals surface area contributed by atoms with Crippen molar-refractivity contribution in [2.45, 2.75) is 6.42 Å². The van der Waals surface area contributed by atoms with Crippen LogP contribution in [-0.2, 0) is 6.42 Å². The van der Waals surface area contributed by atoms with Gasteiger partial charge < -0.3 is 9.52 Å². The van der Waals surface area contributed by atoms with Gasteiger partial charge in [0.2, 0.25) is 5.88 Å². The van der Waals surface area contributed by atoms with Crippen LogP contribution in [0.15, 0.2) is 9.21 Å². The molecular formula is C6H9NO3S. The SMILES string of the molecule is CSCCc1oc(=O)[nH]c1O. The molecule has 0 bridgehead atoms. The second-order valence-electron chi connectivity index (χ2n) is 2.03. The number of aromatic nitrogens is 1. The molecule has 0 aromatic carbocycles. The monoisotopic (exact) mass is 175 g/mol. The van der Waals surface area contributed by atoms with Gasteiger partial charge in [0, 0.05) is 12.2 Å². The van der Waals surface area contributed by atoms with Crippen molar-refractivity contribution in [3.8, 4) is 5.88 Å². The van der Waals surface area contributed by atoms with Gasteiger partial charge in [0.1, 0.15) is 0 Å². The zero-order chi connectivity index (χ0) is 8.27. The van der Waals surface area contributed by atoms with Crippen molar-refractivity contribution in [2.24, 2.45) is 0 Å². The Morgan fingerprint density at radius 1 is 1.73 bits per heavy atom. The van der Waals surface area contributed by atoms with Gasteiger partial charge in [-0.25, -0.2) is 4.79 Å². The summed E-state index contributed by atoms with van der Waals surface area (Å²) in [6.45, 7) is 0. The van der Waals surface area contributed by atoms with E-state index in [1.165, 1.54) is 0 Å². The molecule has 0 amide bonds. The first-order valence-electron chi connectivity index (χ1n) is 3.14. The Bertz CT molecular complexity index is 278. The second-order valence-corrected chi connectivity index (χ2v) is 3.01. The fourth-order valence-corrected chi connectivity index (χ4v) is 1.11. The van der Waals surface area contributed by atoms with Gasteiger partial charge in [0.05, 0.1) is 0 Å². The zero-order valence-electron chi connectivity index (χ0n) is 6.09. The molecule has 0 aliphatic heterocycles. The Balaban J connectivity index is 2.69. The van der Waals surface area contributed by atoms with E-state index in [0.717, 1.165) is 5.75 Å². The van der Waals surface area contributed by atoms with Gasteiger partial charge in [-0.2, -0.15) is 11.8 Å². The third-order valence-electron chi connectivity index (χ3n) is 1.23. The molecule has 0 atom stereocenters. The summed E-state index contributed by atoms with van der Waals surface area (Å²) < 4.78 is 4.64. The standard InChI is InChI=1S/C6H9NO3S/c1-11-3-2-4-5(8)7-6(9)10-4/h8H,2-3H2,1H3,(H,7,9). The van der Waals surface area contributed by atoms with Crippen molar-refractivity contribution in [1.29, 1.82) is 0 Å². The van der Waals surface area contributed by atoms with E-state index in [-0.39, 0.29) is 5.88 Å². The first-order chi connectivity index (χ1) is 5.24. The molecule has 0 fully saturated rings. The van der Waals surface area contributed by atoms with Crippen LogP contribution in [0.4, 0.5) is 0 Å². The summed E-state index contributed by atoms with van der Waals surface area (Å²) >= 11 is 1.63. The van der Waals surface area contributed by atoms with Crippen LogP contribution in [0, 0.1) is 0 Å². The van der Waals surface area contributed by atoms with Gasteiger partial charge in [-0.05, 0) is 6.26 Å². The topological polar surface area (TPSA) is 66.2 Å². The first kappa shape index (κ1) is 8.26. The average molecular weight is 175 g/mol. The smallest absolute Gasteiger partial charge is 0.419 e. The van der Waals surface area contributed by atoms with E-state index in [0.29, 0.717) is 12.2 Å². The molecule has 0 saturated carbocycles. The average Bonchev–Trinajstić information content (AvgIpc) is 2.26. The molecule has 1 rings (SSSR count). The molecular weight excluding hydrogens is 166 g/mol. The summed E-state index contributed by atoms with van der Waals surface area (Å²) in [6.07, 6.45) is 2.52. The highest BCUT2D eigenvalue weighted by atomic mass is 32.2. The van der Waals surface area contributed by atoms with Crippen molar-refractivity contribution in [3.63, 3.8) is 0 Å². The highest BCUT2D eigenvalue weighted by molar-refractivity contribution is 7.98. The molecule has 0 saturated heterocycles. The van der Waals surface area contributed by atoms with Gasteiger partial charge in [-0.3, -0.25) is 4.98 Å². The molecule has 5 heteroatoms. The van der Waals surface area contributed by atoms with Crippen LogP contribution in [0.25, 0.3) is 0 Å².